The summed E-state index contributed by atoms with van der Waals surface area (Å²) >= 11 is 0. The van der Waals surface area contributed by atoms with E-state index in [0.717, 1.165) is 0 Å². The third-order valence-corrected chi connectivity index (χ3v) is 5.22. The number of nitrogens with zero attached hydrogens (tertiary/aromatic N) is 3. The number of carbonyl (C=O) groups excluding carboxylic acids is 3. The maximum absolute atomic E-state index is 12.4. The smallest absolute Gasteiger partial charge is 0.255 e. The Labute approximate surface area is 185 Å². The van der Waals surface area contributed by atoms with Gasteiger partial charge in [0.05, 0.1) is 24.3 Å². The Hall–Kier alpha value is -3.74. The number of aliphatic hydroxyl groups is 1. The van der Waals surface area contributed by atoms with Crippen molar-refractivity contribution in [1.82, 2.24) is 9.80 Å². The minimum absolute atomic E-state index is 0.143. The van der Waals surface area contributed by atoms with Gasteiger partial charge in [-0.25, -0.2) is 0 Å². The molecule has 32 heavy (non-hydrogen) atoms. The van der Waals surface area contributed by atoms with Crippen molar-refractivity contribution in [2.75, 3.05) is 39.2 Å². The molecule has 0 radical (unpaired) electrons. The van der Waals surface area contributed by atoms with Gasteiger partial charge >= 0.3 is 0 Å². The van der Waals surface area contributed by atoms with Crippen LogP contribution in [0.4, 0.5) is 5.69 Å². The van der Waals surface area contributed by atoms with Crippen LogP contribution >= 0.6 is 0 Å². The van der Waals surface area contributed by atoms with Gasteiger partial charge in [0.2, 0.25) is 11.8 Å². The first-order chi connectivity index (χ1) is 15.3. The molecule has 3 amide bonds. The molecule has 2 aromatic rings. The van der Waals surface area contributed by atoms with Crippen molar-refractivity contribution in [2.24, 2.45) is 0 Å². The van der Waals surface area contributed by atoms with E-state index in [1.165, 1.54) is 9.80 Å². The lowest BCUT2D eigenvalue weighted by Crippen LogP contribution is -2.55. The molecule has 9 heteroatoms. The third kappa shape index (κ3) is 5.11. The number of carbonyl (C=O) groups is 3. The first kappa shape index (κ1) is 22.9. The average molecular weight is 436 g/mol. The van der Waals surface area contributed by atoms with Crippen LogP contribution in [0.3, 0.4) is 0 Å². The monoisotopic (exact) mass is 436 g/mol. The molecule has 2 N–H and O–H groups in total. The molecule has 1 aliphatic heterocycles. The summed E-state index contributed by atoms with van der Waals surface area (Å²) in [7, 11) is 3.20. The highest BCUT2D eigenvalue weighted by Crippen LogP contribution is 2.30. The Morgan fingerprint density at radius 1 is 1.19 bits per heavy atom. The molecule has 0 bridgehead atoms. The number of likely N-dealkylation sites (N-methyl/N-ethyl adjacent to an activating group) is 1. The Kier molecular flexibility index (Phi) is 7.20. The van der Waals surface area contributed by atoms with Crippen molar-refractivity contribution in [2.45, 2.75) is 12.1 Å². The standard InChI is InChI=1S/C23H24N4O5/c1-26(2)20(29)12-27-19(13-28)22(32-14-21(27)30)16-7-9-18(10-8-16)25-23(31)17-5-3-15(11-24)4-6-17/h3-10,19,22,28H,12-14H2,1-2H3,(H,25,31)/t19-,22-/m1/s1. The van der Waals surface area contributed by atoms with Crippen molar-refractivity contribution in [3.8, 4) is 6.07 Å². The molecular weight excluding hydrogens is 412 g/mol. The fourth-order valence-corrected chi connectivity index (χ4v) is 3.36. The summed E-state index contributed by atoms with van der Waals surface area (Å²) < 4.78 is 5.67. The molecule has 1 heterocycles. The molecule has 0 saturated carbocycles. The SMILES string of the molecule is CN(C)C(=O)CN1C(=O)CO[C@H](c2ccc(NC(=O)c3ccc(C#N)cc3)cc2)[C@H]1CO. The first-order valence-electron chi connectivity index (χ1n) is 9.97. The molecule has 9 nitrogen and oxygen atoms in total. The summed E-state index contributed by atoms with van der Waals surface area (Å²) in [5, 5.41) is 21.6. The summed E-state index contributed by atoms with van der Waals surface area (Å²) in [5.41, 5.74) is 2.14. The fourth-order valence-electron chi connectivity index (χ4n) is 3.36. The van der Waals surface area contributed by atoms with Gasteiger partial charge in [-0.2, -0.15) is 5.26 Å². The molecule has 0 aliphatic carbocycles. The van der Waals surface area contributed by atoms with Gasteiger partial charge in [-0.15, -0.1) is 0 Å². The zero-order chi connectivity index (χ0) is 23.3. The summed E-state index contributed by atoms with van der Waals surface area (Å²) in [6.07, 6.45) is -0.615. The number of amides is 3. The summed E-state index contributed by atoms with van der Waals surface area (Å²) in [6.45, 7) is -0.705. The maximum atomic E-state index is 12.4. The van der Waals surface area contributed by atoms with Crippen molar-refractivity contribution >= 4 is 23.4 Å². The highest BCUT2D eigenvalue weighted by molar-refractivity contribution is 6.04. The van der Waals surface area contributed by atoms with E-state index in [0.29, 0.717) is 22.4 Å². The maximum Gasteiger partial charge on any atom is 0.255 e. The highest BCUT2D eigenvalue weighted by Gasteiger charge is 2.38. The topological polar surface area (TPSA) is 123 Å². The third-order valence-electron chi connectivity index (χ3n) is 5.22. The number of nitrogens with one attached hydrogen (secondary N) is 1. The van der Waals surface area contributed by atoms with E-state index >= 15 is 0 Å². The molecule has 0 aromatic heterocycles. The van der Waals surface area contributed by atoms with Crippen LogP contribution in [0, 0.1) is 11.3 Å². The van der Waals surface area contributed by atoms with Gasteiger partial charge in [0, 0.05) is 25.3 Å². The van der Waals surface area contributed by atoms with Gasteiger partial charge in [-0.3, -0.25) is 14.4 Å². The van der Waals surface area contributed by atoms with Crippen LogP contribution in [-0.4, -0.2) is 72.5 Å². The number of anilines is 1. The average Bonchev–Trinajstić information content (AvgIpc) is 2.80. The van der Waals surface area contributed by atoms with Gasteiger partial charge in [-0.1, -0.05) is 12.1 Å². The van der Waals surface area contributed by atoms with Crippen molar-refractivity contribution in [1.29, 1.82) is 5.26 Å². The molecule has 3 rings (SSSR count). The lowest BCUT2D eigenvalue weighted by atomic mass is 9.99. The molecule has 1 aliphatic rings. The van der Waals surface area contributed by atoms with Crippen LogP contribution in [-0.2, 0) is 14.3 Å². The van der Waals surface area contributed by atoms with Crippen LogP contribution in [0.1, 0.15) is 27.6 Å². The zero-order valence-electron chi connectivity index (χ0n) is 17.8. The van der Waals surface area contributed by atoms with E-state index < -0.39 is 12.1 Å². The number of nitriles is 1. The number of rotatable bonds is 6. The molecule has 2 aromatic carbocycles. The second kappa shape index (κ2) is 10.0. The normalized spacial score (nSPS) is 18.1. The molecular formula is C23H24N4O5. The second-order valence-electron chi connectivity index (χ2n) is 7.56. The van der Waals surface area contributed by atoms with Crippen LogP contribution in [0.2, 0.25) is 0 Å². The summed E-state index contributed by atoms with van der Waals surface area (Å²) in [6, 6.07) is 14.5. The molecule has 1 saturated heterocycles. The molecule has 0 unspecified atom stereocenters. The van der Waals surface area contributed by atoms with Crippen molar-refractivity contribution in [3.05, 3.63) is 65.2 Å². The quantitative estimate of drug-likeness (QED) is 0.701. The first-order valence-corrected chi connectivity index (χ1v) is 9.97. The Morgan fingerprint density at radius 3 is 2.41 bits per heavy atom. The largest absolute Gasteiger partial charge is 0.394 e. The van der Waals surface area contributed by atoms with Crippen LogP contribution < -0.4 is 5.32 Å². The van der Waals surface area contributed by atoms with Gasteiger partial charge in [-0.05, 0) is 42.0 Å². The van der Waals surface area contributed by atoms with E-state index in [1.54, 1.807) is 62.6 Å². The number of aliphatic hydroxyl groups excluding tert-OH is 1. The van der Waals surface area contributed by atoms with Gasteiger partial charge in [0.1, 0.15) is 19.3 Å². The van der Waals surface area contributed by atoms with Crippen LogP contribution in [0.15, 0.2) is 48.5 Å². The van der Waals surface area contributed by atoms with E-state index in [9.17, 15) is 19.5 Å². The number of morpholine rings is 1. The Morgan fingerprint density at radius 2 is 1.84 bits per heavy atom. The predicted molar refractivity (Wildman–Crippen MR) is 116 cm³/mol. The molecule has 0 spiro atoms. The minimum atomic E-state index is -0.709. The number of benzene rings is 2. The number of ether oxygens (including phenoxy) is 1. The van der Waals surface area contributed by atoms with Crippen LogP contribution in [0.25, 0.3) is 0 Å². The lowest BCUT2D eigenvalue weighted by molar-refractivity contribution is -0.164. The summed E-state index contributed by atoms with van der Waals surface area (Å²) in [5.74, 6) is -0.927. The van der Waals surface area contributed by atoms with E-state index in [-0.39, 0.29) is 37.5 Å². The minimum Gasteiger partial charge on any atom is -0.394 e. The lowest BCUT2D eigenvalue weighted by Gasteiger charge is -2.40. The second-order valence-corrected chi connectivity index (χ2v) is 7.56. The summed E-state index contributed by atoms with van der Waals surface area (Å²) in [4.78, 5) is 39.6. The van der Waals surface area contributed by atoms with Crippen LogP contribution in [0.5, 0.6) is 0 Å². The zero-order valence-corrected chi connectivity index (χ0v) is 17.8. The number of hydrogen-bond donors (Lipinski definition) is 2. The van der Waals surface area contributed by atoms with Crippen molar-refractivity contribution in [3.63, 3.8) is 0 Å². The molecule has 1 fully saturated rings. The molecule has 166 valence electrons. The highest BCUT2D eigenvalue weighted by atomic mass is 16.5. The Bertz CT molecular complexity index is 1030. The number of hydrogen-bond acceptors (Lipinski definition) is 6. The van der Waals surface area contributed by atoms with E-state index in [2.05, 4.69) is 5.32 Å². The van der Waals surface area contributed by atoms with Gasteiger partial charge in [0.15, 0.2) is 0 Å². The predicted octanol–water partition coefficient (Wildman–Crippen LogP) is 1.16. The van der Waals surface area contributed by atoms with Crippen molar-refractivity contribution < 1.29 is 24.2 Å². The Balaban J connectivity index is 1.72. The van der Waals surface area contributed by atoms with Gasteiger partial charge in [0.25, 0.3) is 5.91 Å². The van der Waals surface area contributed by atoms with E-state index in [1.807, 2.05) is 6.07 Å². The van der Waals surface area contributed by atoms with E-state index in [4.69, 9.17) is 10.00 Å². The molecule has 2 atom stereocenters. The fraction of sp³-hybridized carbons (Fsp3) is 0.304. The van der Waals surface area contributed by atoms with Gasteiger partial charge < -0.3 is 25.0 Å².